The number of anilines is 1. The summed E-state index contributed by atoms with van der Waals surface area (Å²) in [5.74, 6) is -0.614. The molecular formula is C20H20N2O3S. The molecule has 0 spiro atoms. The summed E-state index contributed by atoms with van der Waals surface area (Å²) >= 11 is 1.64. The van der Waals surface area contributed by atoms with Crippen molar-refractivity contribution in [1.29, 1.82) is 0 Å². The molecule has 1 aromatic heterocycles. The van der Waals surface area contributed by atoms with Crippen LogP contribution in [0, 0.1) is 0 Å². The number of nitrogens with zero attached hydrogens (tertiary/aromatic N) is 2. The smallest absolute Gasteiger partial charge is 0.306 e. The lowest BCUT2D eigenvalue weighted by Gasteiger charge is -2.17. The van der Waals surface area contributed by atoms with Crippen molar-refractivity contribution in [2.24, 2.45) is 0 Å². The molecule has 2 aromatic carbocycles. The zero-order chi connectivity index (χ0) is 18.4. The topological polar surface area (TPSA) is 59.5 Å². The number of carbonyl (C=O) groups excluding carboxylic acids is 2. The van der Waals surface area contributed by atoms with Crippen LogP contribution in [0.3, 0.4) is 0 Å². The normalized spacial score (nSPS) is 10.7. The zero-order valence-corrected chi connectivity index (χ0v) is 15.4. The molecule has 3 aromatic rings. The Bertz CT molecular complexity index is 859. The van der Waals surface area contributed by atoms with Crippen molar-refractivity contribution in [2.75, 3.05) is 18.6 Å². The highest BCUT2D eigenvalue weighted by atomic mass is 32.1. The van der Waals surface area contributed by atoms with Gasteiger partial charge in [0.1, 0.15) is 0 Å². The first-order valence-electron chi connectivity index (χ1n) is 8.45. The Balaban J connectivity index is 1.40. The number of hydrogen-bond donors (Lipinski definition) is 0. The van der Waals surface area contributed by atoms with Gasteiger partial charge in [-0.2, -0.15) is 0 Å². The van der Waals surface area contributed by atoms with Crippen LogP contribution in [-0.4, -0.2) is 30.5 Å². The van der Waals surface area contributed by atoms with Gasteiger partial charge in [0.15, 0.2) is 6.61 Å². The van der Waals surface area contributed by atoms with Crippen LogP contribution in [0.2, 0.25) is 0 Å². The Morgan fingerprint density at radius 2 is 1.81 bits per heavy atom. The van der Waals surface area contributed by atoms with Gasteiger partial charge in [-0.3, -0.25) is 9.59 Å². The highest BCUT2D eigenvalue weighted by Crippen LogP contribution is 2.22. The number of esters is 1. The van der Waals surface area contributed by atoms with Gasteiger partial charge in [-0.1, -0.05) is 30.3 Å². The van der Waals surface area contributed by atoms with Crippen LogP contribution < -0.4 is 4.90 Å². The molecule has 1 amide bonds. The predicted octanol–water partition coefficient (Wildman–Crippen LogP) is 3.83. The summed E-state index contributed by atoms with van der Waals surface area (Å²) in [6.45, 7) is -0.245. The highest BCUT2D eigenvalue weighted by molar-refractivity contribution is 7.18. The second kappa shape index (κ2) is 8.58. The van der Waals surface area contributed by atoms with Crippen molar-refractivity contribution >= 4 is 39.1 Å². The van der Waals surface area contributed by atoms with Crippen molar-refractivity contribution in [3.63, 3.8) is 0 Å². The van der Waals surface area contributed by atoms with E-state index >= 15 is 0 Å². The lowest BCUT2D eigenvalue weighted by Crippen LogP contribution is -2.31. The van der Waals surface area contributed by atoms with Crippen LogP contribution in [0.5, 0.6) is 0 Å². The van der Waals surface area contributed by atoms with Crippen LogP contribution in [0.25, 0.3) is 10.2 Å². The number of benzene rings is 2. The van der Waals surface area contributed by atoms with Gasteiger partial charge in [0.2, 0.25) is 0 Å². The molecule has 134 valence electrons. The van der Waals surface area contributed by atoms with Gasteiger partial charge in [-0.25, -0.2) is 4.98 Å². The molecule has 0 radical (unpaired) electrons. The number of fused-ring (bicyclic) bond motifs is 1. The zero-order valence-electron chi connectivity index (χ0n) is 14.6. The van der Waals surface area contributed by atoms with E-state index in [1.54, 1.807) is 18.4 Å². The van der Waals surface area contributed by atoms with E-state index in [0.29, 0.717) is 6.42 Å². The van der Waals surface area contributed by atoms with E-state index in [1.165, 1.54) is 4.90 Å². The highest BCUT2D eigenvalue weighted by Gasteiger charge is 2.13. The van der Waals surface area contributed by atoms with Gasteiger partial charge < -0.3 is 9.64 Å². The third-order valence-electron chi connectivity index (χ3n) is 3.98. The quantitative estimate of drug-likeness (QED) is 0.595. The summed E-state index contributed by atoms with van der Waals surface area (Å²) in [5.41, 5.74) is 1.76. The van der Waals surface area contributed by atoms with Crippen molar-refractivity contribution in [3.05, 3.63) is 59.6 Å². The molecule has 1 heterocycles. The van der Waals surface area contributed by atoms with E-state index in [4.69, 9.17) is 4.74 Å². The molecule has 0 aliphatic carbocycles. The van der Waals surface area contributed by atoms with Crippen molar-refractivity contribution < 1.29 is 14.3 Å². The second-order valence-electron chi connectivity index (χ2n) is 5.88. The first kappa shape index (κ1) is 18.1. The van der Waals surface area contributed by atoms with E-state index in [1.807, 2.05) is 54.6 Å². The summed E-state index contributed by atoms with van der Waals surface area (Å²) in [6, 6.07) is 17.2. The number of thiazole rings is 1. The third-order valence-corrected chi connectivity index (χ3v) is 5.08. The van der Waals surface area contributed by atoms with E-state index < -0.39 is 0 Å². The maximum atomic E-state index is 12.1. The Labute approximate surface area is 156 Å². The Morgan fingerprint density at radius 3 is 2.58 bits per heavy atom. The number of aromatic nitrogens is 1. The molecule has 0 saturated carbocycles. The number of ether oxygens (including phenoxy) is 1. The number of amides is 1. The molecule has 0 saturated heterocycles. The fourth-order valence-corrected chi connectivity index (χ4v) is 3.53. The van der Waals surface area contributed by atoms with E-state index in [2.05, 4.69) is 4.98 Å². The molecule has 26 heavy (non-hydrogen) atoms. The Hall–Kier alpha value is -2.73. The SMILES string of the molecule is CN(C(=O)COC(=O)CCCc1nc2ccccc2s1)c1ccccc1. The van der Waals surface area contributed by atoms with Gasteiger partial charge in [-0.15, -0.1) is 11.3 Å². The minimum Gasteiger partial charge on any atom is -0.456 e. The molecule has 0 bridgehead atoms. The number of hydrogen-bond acceptors (Lipinski definition) is 5. The fraction of sp³-hybridized carbons (Fsp3) is 0.250. The van der Waals surface area contributed by atoms with Crippen LogP contribution in [-0.2, 0) is 20.7 Å². The molecule has 6 heteroatoms. The molecule has 0 N–H and O–H groups in total. The average Bonchev–Trinajstić information content (AvgIpc) is 3.09. The van der Waals surface area contributed by atoms with Crippen molar-refractivity contribution in [3.8, 4) is 0 Å². The van der Waals surface area contributed by atoms with Crippen LogP contribution in [0.1, 0.15) is 17.8 Å². The third kappa shape index (κ3) is 4.67. The first-order valence-corrected chi connectivity index (χ1v) is 9.27. The number of aryl methyl sites for hydroxylation is 1. The number of para-hydroxylation sites is 2. The number of likely N-dealkylation sites (N-methyl/N-ethyl adjacent to an activating group) is 1. The largest absolute Gasteiger partial charge is 0.456 e. The molecule has 5 nitrogen and oxygen atoms in total. The monoisotopic (exact) mass is 368 g/mol. The average molecular weight is 368 g/mol. The van der Waals surface area contributed by atoms with E-state index in [0.717, 1.165) is 27.3 Å². The van der Waals surface area contributed by atoms with Crippen LogP contribution >= 0.6 is 11.3 Å². The molecule has 0 atom stereocenters. The van der Waals surface area contributed by atoms with Gasteiger partial charge in [0, 0.05) is 19.2 Å². The van der Waals surface area contributed by atoms with Gasteiger partial charge in [0.25, 0.3) is 5.91 Å². The number of carbonyl (C=O) groups is 2. The Morgan fingerprint density at radius 1 is 1.08 bits per heavy atom. The minimum absolute atomic E-state index is 0.245. The summed E-state index contributed by atoms with van der Waals surface area (Å²) < 4.78 is 6.25. The van der Waals surface area contributed by atoms with Gasteiger partial charge in [0.05, 0.1) is 15.2 Å². The summed E-state index contributed by atoms with van der Waals surface area (Å²) in [5, 5.41) is 1.01. The maximum Gasteiger partial charge on any atom is 0.306 e. The lowest BCUT2D eigenvalue weighted by atomic mass is 10.2. The molecule has 0 fully saturated rings. The molecule has 3 rings (SSSR count). The summed E-state index contributed by atoms with van der Waals surface area (Å²) in [6.07, 6.45) is 1.66. The van der Waals surface area contributed by atoms with Crippen LogP contribution in [0.15, 0.2) is 54.6 Å². The Kier molecular flexibility index (Phi) is 5.96. The predicted molar refractivity (Wildman–Crippen MR) is 103 cm³/mol. The second-order valence-corrected chi connectivity index (χ2v) is 6.99. The van der Waals surface area contributed by atoms with Crippen molar-refractivity contribution in [1.82, 2.24) is 4.98 Å². The fourth-order valence-electron chi connectivity index (χ4n) is 2.52. The minimum atomic E-state index is -0.360. The lowest BCUT2D eigenvalue weighted by molar-refractivity contribution is -0.147. The van der Waals surface area contributed by atoms with Gasteiger partial charge in [-0.05, 0) is 37.1 Å². The van der Waals surface area contributed by atoms with Gasteiger partial charge >= 0.3 is 5.97 Å². The first-order chi connectivity index (χ1) is 12.6. The molecule has 0 unspecified atom stereocenters. The standard InChI is InChI=1S/C20H20N2O3S/c1-22(15-8-3-2-4-9-15)19(23)14-25-20(24)13-7-12-18-21-16-10-5-6-11-17(16)26-18/h2-6,8-11H,7,12-14H2,1H3. The number of rotatable bonds is 7. The van der Waals surface area contributed by atoms with Crippen molar-refractivity contribution in [2.45, 2.75) is 19.3 Å². The molecule has 0 aliphatic rings. The molecular weight excluding hydrogens is 348 g/mol. The maximum absolute atomic E-state index is 12.1. The van der Waals surface area contributed by atoms with E-state index in [9.17, 15) is 9.59 Å². The van der Waals surface area contributed by atoms with E-state index in [-0.39, 0.29) is 24.9 Å². The summed E-state index contributed by atoms with van der Waals surface area (Å²) in [4.78, 5) is 30.0. The molecule has 0 aliphatic heterocycles. The van der Waals surface area contributed by atoms with Crippen LogP contribution in [0.4, 0.5) is 5.69 Å². The summed E-state index contributed by atoms with van der Waals surface area (Å²) in [7, 11) is 1.67.